The molecule has 1 unspecified atom stereocenters. The Morgan fingerprint density at radius 1 is 1.31 bits per heavy atom. The lowest BCUT2D eigenvalue weighted by molar-refractivity contribution is 0.473. The van der Waals surface area contributed by atoms with E-state index in [4.69, 9.17) is 0 Å². The van der Waals surface area contributed by atoms with Crippen LogP contribution in [0.4, 0.5) is 0 Å². The Morgan fingerprint density at radius 2 is 2.00 bits per heavy atom. The Balaban J connectivity index is 0.00000225. The van der Waals surface area contributed by atoms with Gasteiger partial charge in [0.2, 0.25) is 0 Å². The van der Waals surface area contributed by atoms with E-state index in [9.17, 15) is 0 Å². The molecule has 16 heavy (non-hydrogen) atoms. The van der Waals surface area contributed by atoms with Crippen LogP contribution < -0.4 is 0 Å². The van der Waals surface area contributed by atoms with Gasteiger partial charge in [0.25, 0.3) is 0 Å². The van der Waals surface area contributed by atoms with Crippen LogP contribution in [0.3, 0.4) is 0 Å². The van der Waals surface area contributed by atoms with E-state index < -0.39 is 0 Å². The molecule has 0 bridgehead atoms. The molecular weight excluding hydrogens is 232 g/mol. The van der Waals surface area contributed by atoms with Crippen LogP contribution in [0.5, 0.6) is 0 Å². The molecule has 1 heterocycles. The fourth-order valence-corrected chi connectivity index (χ4v) is 4.68. The first kappa shape index (κ1) is 16.4. The fourth-order valence-electron chi connectivity index (χ4n) is 1.65. The summed E-state index contributed by atoms with van der Waals surface area (Å²) >= 11 is 0. The predicted octanol–water partition coefficient (Wildman–Crippen LogP) is 5.94. The molecule has 1 aliphatic rings. The van der Waals surface area contributed by atoms with E-state index in [0.29, 0.717) is 5.41 Å². The highest BCUT2D eigenvalue weighted by atomic mass is 33.1. The monoisotopic (exact) mass is 260 g/mol. The zero-order valence-corrected chi connectivity index (χ0v) is 12.0. The Labute approximate surface area is 110 Å². The van der Waals surface area contributed by atoms with Crippen molar-refractivity contribution >= 4 is 21.6 Å². The maximum absolute atomic E-state index is 4.19. The first-order chi connectivity index (χ1) is 7.00. The van der Waals surface area contributed by atoms with Gasteiger partial charge in [-0.05, 0) is 31.1 Å². The first-order valence-corrected chi connectivity index (χ1v) is 8.35. The van der Waals surface area contributed by atoms with Crippen LogP contribution in [0.2, 0.25) is 0 Å². The molecule has 1 atom stereocenters. The highest BCUT2D eigenvalue weighted by Crippen LogP contribution is 2.40. The molecule has 96 valence electrons. The predicted molar refractivity (Wildman–Crippen MR) is 82.2 cm³/mol. The van der Waals surface area contributed by atoms with Crippen LogP contribution in [-0.4, -0.2) is 11.0 Å². The summed E-state index contributed by atoms with van der Waals surface area (Å²) in [7, 11) is 4.15. The van der Waals surface area contributed by atoms with Crippen molar-refractivity contribution in [1.29, 1.82) is 0 Å². The topological polar surface area (TPSA) is 0 Å². The lowest BCUT2D eigenvalue weighted by Crippen LogP contribution is -2.08. The highest BCUT2D eigenvalue weighted by molar-refractivity contribution is 8.77. The van der Waals surface area contributed by atoms with Crippen molar-refractivity contribution in [2.45, 2.75) is 65.6 Å². The van der Waals surface area contributed by atoms with Gasteiger partial charge in [0.15, 0.2) is 0 Å². The van der Waals surface area contributed by atoms with Crippen molar-refractivity contribution in [1.82, 2.24) is 0 Å². The maximum atomic E-state index is 4.19. The van der Waals surface area contributed by atoms with Gasteiger partial charge in [0.05, 0.1) is 0 Å². The van der Waals surface area contributed by atoms with Crippen molar-refractivity contribution < 1.29 is 0 Å². The number of hydrogen-bond donors (Lipinski definition) is 0. The summed E-state index contributed by atoms with van der Waals surface area (Å²) in [6, 6.07) is 0. The Hall–Kier alpha value is 0.440. The Morgan fingerprint density at radius 3 is 2.50 bits per heavy atom. The molecule has 0 nitrogen and oxygen atoms in total. The molecule has 0 aromatic heterocycles. The molecule has 0 spiro atoms. The van der Waals surface area contributed by atoms with Gasteiger partial charge in [-0.25, -0.2) is 0 Å². The highest BCUT2D eigenvalue weighted by Gasteiger charge is 2.17. The smallest absolute Gasteiger partial charge is 0.0159 e. The van der Waals surface area contributed by atoms with Crippen LogP contribution in [0, 0.1) is 5.41 Å². The van der Waals surface area contributed by atoms with E-state index in [0.717, 1.165) is 5.25 Å². The zero-order valence-electron chi connectivity index (χ0n) is 10.3. The van der Waals surface area contributed by atoms with E-state index >= 15 is 0 Å². The summed E-state index contributed by atoms with van der Waals surface area (Å²) in [5, 5.41) is 0.943. The first-order valence-electron chi connectivity index (χ1n) is 5.96. The van der Waals surface area contributed by atoms with Gasteiger partial charge >= 0.3 is 0 Å². The van der Waals surface area contributed by atoms with Gasteiger partial charge in [0.1, 0.15) is 0 Å². The number of rotatable bonds is 5. The van der Waals surface area contributed by atoms with Crippen molar-refractivity contribution in [3.63, 3.8) is 0 Å². The lowest BCUT2D eigenvalue weighted by Gasteiger charge is -2.21. The summed E-state index contributed by atoms with van der Waals surface area (Å²) in [6.45, 7) is 11.0. The maximum Gasteiger partial charge on any atom is 0.0159 e. The van der Waals surface area contributed by atoms with Crippen LogP contribution in [0.25, 0.3) is 0 Å². The standard InChI is InChI=1S/C13H24S2.CH4/c1-11(13(2,3)4)7-5-6-8-12-9-10-14-15-12;/h12H,1,5-10H2,2-4H3;1H4. The third-order valence-corrected chi connectivity index (χ3v) is 6.05. The van der Waals surface area contributed by atoms with Crippen LogP contribution in [0.1, 0.15) is 60.3 Å². The second kappa shape index (κ2) is 7.71. The molecule has 0 aromatic rings. The van der Waals surface area contributed by atoms with E-state index in [1.54, 1.807) is 0 Å². The summed E-state index contributed by atoms with van der Waals surface area (Å²) in [6.07, 6.45) is 6.77. The van der Waals surface area contributed by atoms with Crippen LogP contribution in [-0.2, 0) is 0 Å². The molecular formula is C14H28S2. The van der Waals surface area contributed by atoms with Gasteiger partial charge in [-0.1, -0.05) is 68.4 Å². The van der Waals surface area contributed by atoms with Crippen LogP contribution in [0.15, 0.2) is 12.2 Å². The Bertz CT molecular complexity index is 197. The third kappa shape index (κ3) is 6.24. The molecule has 0 N–H and O–H groups in total. The van der Waals surface area contributed by atoms with Crippen molar-refractivity contribution in [2.75, 3.05) is 5.75 Å². The molecule has 1 aliphatic heterocycles. The summed E-state index contributed by atoms with van der Waals surface area (Å²) in [4.78, 5) is 0. The second-order valence-electron chi connectivity index (χ2n) is 5.43. The van der Waals surface area contributed by atoms with E-state index in [-0.39, 0.29) is 7.43 Å². The average Bonchev–Trinajstić information content (AvgIpc) is 2.63. The van der Waals surface area contributed by atoms with E-state index in [1.165, 1.54) is 43.4 Å². The van der Waals surface area contributed by atoms with E-state index in [1.807, 2.05) is 10.8 Å². The molecule has 2 heteroatoms. The van der Waals surface area contributed by atoms with Crippen molar-refractivity contribution in [2.24, 2.45) is 5.41 Å². The second-order valence-corrected chi connectivity index (χ2v) is 8.22. The number of unbranched alkanes of at least 4 members (excludes halogenated alkanes) is 1. The van der Waals surface area contributed by atoms with Gasteiger partial charge in [0, 0.05) is 11.0 Å². The van der Waals surface area contributed by atoms with Crippen molar-refractivity contribution in [3.05, 3.63) is 12.2 Å². The third-order valence-electron chi connectivity index (χ3n) is 3.04. The minimum absolute atomic E-state index is 0. The Kier molecular flexibility index (Phi) is 7.92. The zero-order chi connectivity index (χ0) is 11.3. The van der Waals surface area contributed by atoms with Gasteiger partial charge in [-0.15, -0.1) is 0 Å². The summed E-state index contributed by atoms with van der Waals surface area (Å²) in [5.41, 5.74) is 1.72. The summed E-state index contributed by atoms with van der Waals surface area (Å²) < 4.78 is 0. The average molecular weight is 261 g/mol. The van der Waals surface area contributed by atoms with Gasteiger partial charge in [-0.3, -0.25) is 0 Å². The van der Waals surface area contributed by atoms with Gasteiger partial charge < -0.3 is 0 Å². The quantitative estimate of drug-likeness (QED) is 0.341. The normalized spacial score (nSPS) is 20.6. The van der Waals surface area contributed by atoms with Crippen molar-refractivity contribution in [3.8, 4) is 0 Å². The number of allylic oxidation sites excluding steroid dienone is 1. The molecule has 0 amide bonds. The van der Waals surface area contributed by atoms with E-state index in [2.05, 4.69) is 38.1 Å². The fraction of sp³-hybridized carbons (Fsp3) is 0.857. The molecule has 1 saturated heterocycles. The SMILES string of the molecule is C.C=C(CCCCC1CCSS1)C(C)(C)C. The van der Waals surface area contributed by atoms with Crippen LogP contribution >= 0.6 is 21.6 Å². The molecule has 0 radical (unpaired) electrons. The lowest BCUT2D eigenvalue weighted by atomic mass is 9.84. The minimum Gasteiger partial charge on any atom is -0.0993 e. The van der Waals surface area contributed by atoms with Gasteiger partial charge in [-0.2, -0.15) is 0 Å². The largest absolute Gasteiger partial charge is 0.0993 e. The minimum atomic E-state index is 0. The molecule has 1 fully saturated rings. The molecule has 1 rings (SSSR count). The molecule has 0 aromatic carbocycles. The number of hydrogen-bond acceptors (Lipinski definition) is 2. The summed E-state index contributed by atoms with van der Waals surface area (Å²) in [5.74, 6) is 1.37. The molecule has 0 saturated carbocycles. The molecule has 0 aliphatic carbocycles.